The van der Waals surface area contributed by atoms with Crippen LogP contribution in [0, 0.1) is 13.8 Å². The number of likely N-dealkylation sites (tertiary alicyclic amines) is 1. The molecule has 1 aliphatic rings. The molecule has 0 spiro atoms. The van der Waals surface area contributed by atoms with Crippen LogP contribution in [0.4, 0.5) is 0 Å². The minimum Gasteiger partial charge on any atom is -0.378 e. The molecule has 124 valence electrons. The number of hydrogen-bond donors (Lipinski definition) is 0. The first-order chi connectivity index (χ1) is 11.0. The van der Waals surface area contributed by atoms with Crippen molar-refractivity contribution < 1.29 is 9.53 Å². The predicted molar refractivity (Wildman–Crippen MR) is 88.5 cm³/mol. The average Bonchev–Trinajstić information content (AvgIpc) is 2.81. The van der Waals surface area contributed by atoms with E-state index >= 15 is 0 Å². The van der Waals surface area contributed by atoms with E-state index in [-0.39, 0.29) is 12.0 Å². The third-order valence-corrected chi connectivity index (χ3v) is 4.55. The molecule has 0 unspecified atom stereocenters. The average molecular weight is 316 g/mol. The molecule has 0 atom stereocenters. The number of fused-ring (bicyclic) bond motifs is 1. The Kier molecular flexibility index (Phi) is 4.35. The lowest BCUT2D eigenvalue weighted by Crippen LogP contribution is -2.41. The minimum atomic E-state index is 0.0649. The van der Waals surface area contributed by atoms with E-state index in [1.165, 1.54) is 0 Å². The van der Waals surface area contributed by atoms with Gasteiger partial charge in [-0.2, -0.15) is 5.10 Å². The maximum absolute atomic E-state index is 12.9. The molecule has 3 heterocycles. The summed E-state index contributed by atoms with van der Waals surface area (Å²) in [5.74, 6) is 0.0649. The smallest absolute Gasteiger partial charge is 0.255 e. The summed E-state index contributed by atoms with van der Waals surface area (Å²) in [6.45, 7) is 8.07. The van der Waals surface area contributed by atoms with Gasteiger partial charge in [0.15, 0.2) is 5.65 Å². The Morgan fingerprint density at radius 2 is 2.00 bits per heavy atom. The Bertz CT molecular complexity index is 730. The Morgan fingerprint density at radius 3 is 2.65 bits per heavy atom. The first-order valence-electron chi connectivity index (χ1n) is 8.23. The van der Waals surface area contributed by atoms with Crippen LogP contribution >= 0.6 is 0 Å². The van der Waals surface area contributed by atoms with Crippen LogP contribution in [0.25, 0.3) is 11.0 Å². The highest BCUT2D eigenvalue weighted by Gasteiger charge is 2.25. The number of aromatic nitrogens is 3. The van der Waals surface area contributed by atoms with Crippen molar-refractivity contribution in [1.82, 2.24) is 19.7 Å². The van der Waals surface area contributed by atoms with Crippen molar-refractivity contribution in [2.45, 2.75) is 39.7 Å². The van der Waals surface area contributed by atoms with Gasteiger partial charge < -0.3 is 9.64 Å². The molecule has 0 N–H and O–H groups in total. The molecule has 2 aromatic rings. The summed E-state index contributed by atoms with van der Waals surface area (Å²) in [4.78, 5) is 19.4. The minimum absolute atomic E-state index is 0.0649. The van der Waals surface area contributed by atoms with Crippen molar-refractivity contribution in [1.29, 1.82) is 0 Å². The van der Waals surface area contributed by atoms with E-state index in [2.05, 4.69) is 10.1 Å². The molecule has 6 heteroatoms. The SMILES string of the molecule is CCOC1CCN(C(=O)c2cc3c(C)nn(C)c3nc2C)CC1. The van der Waals surface area contributed by atoms with Crippen LogP contribution in [-0.2, 0) is 11.8 Å². The summed E-state index contributed by atoms with van der Waals surface area (Å²) in [6, 6.07) is 1.94. The largest absolute Gasteiger partial charge is 0.378 e. The summed E-state index contributed by atoms with van der Waals surface area (Å²) in [6.07, 6.45) is 2.09. The number of hydrogen-bond acceptors (Lipinski definition) is 4. The van der Waals surface area contributed by atoms with E-state index in [4.69, 9.17) is 4.74 Å². The predicted octanol–water partition coefficient (Wildman–Crippen LogP) is 2.23. The van der Waals surface area contributed by atoms with E-state index in [1.807, 2.05) is 38.8 Å². The maximum Gasteiger partial charge on any atom is 0.255 e. The summed E-state index contributed by atoms with van der Waals surface area (Å²) < 4.78 is 7.42. The number of rotatable bonds is 3. The third-order valence-electron chi connectivity index (χ3n) is 4.55. The molecule has 0 saturated carbocycles. The summed E-state index contributed by atoms with van der Waals surface area (Å²) in [5.41, 5.74) is 3.17. The zero-order valence-corrected chi connectivity index (χ0v) is 14.3. The van der Waals surface area contributed by atoms with Crippen molar-refractivity contribution in [3.8, 4) is 0 Å². The van der Waals surface area contributed by atoms with E-state index < -0.39 is 0 Å². The van der Waals surface area contributed by atoms with Crippen molar-refractivity contribution in [3.05, 3.63) is 23.0 Å². The lowest BCUT2D eigenvalue weighted by Gasteiger charge is -2.32. The fourth-order valence-electron chi connectivity index (χ4n) is 3.28. The van der Waals surface area contributed by atoms with Gasteiger partial charge in [0.25, 0.3) is 5.91 Å². The Morgan fingerprint density at radius 1 is 1.30 bits per heavy atom. The van der Waals surface area contributed by atoms with Crippen LogP contribution in [-0.4, -0.2) is 51.4 Å². The van der Waals surface area contributed by atoms with Crippen LogP contribution in [0.3, 0.4) is 0 Å². The number of carbonyl (C=O) groups is 1. The van der Waals surface area contributed by atoms with Gasteiger partial charge in [0, 0.05) is 32.1 Å². The standard InChI is InChI=1S/C17H24N4O2/c1-5-23-13-6-8-21(9-7-13)17(22)15-10-14-12(3)19-20(4)16(14)18-11(15)2/h10,13H,5-9H2,1-4H3. The van der Waals surface area contributed by atoms with Gasteiger partial charge in [0.1, 0.15) is 0 Å². The van der Waals surface area contributed by atoms with E-state index in [0.717, 1.165) is 55.0 Å². The fraction of sp³-hybridized carbons (Fsp3) is 0.588. The molecule has 6 nitrogen and oxygen atoms in total. The van der Waals surface area contributed by atoms with E-state index in [9.17, 15) is 4.79 Å². The lowest BCUT2D eigenvalue weighted by molar-refractivity contribution is 0.0146. The Labute approximate surface area is 136 Å². The normalized spacial score (nSPS) is 16.3. The second-order valence-electron chi connectivity index (χ2n) is 6.15. The van der Waals surface area contributed by atoms with Gasteiger partial charge in [-0.25, -0.2) is 4.98 Å². The molecule has 1 aliphatic heterocycles. The third kappa shape index (κ3) is 2.95. The molecule has 1 amide bonds. The molecular formula is C17H24N4O2. The van der Waals surface area contributed by atoms with Crippen LogP contribution in [0.5, 0.6) is 0 Å². The number of aryl methyl sites for hydroxylation is 3. The maximum atomic E-state index is 12.9. The molecule has 0 radical (unpaired) electrons. The van der Waals surface area contributed by atoms with Gasteiger partial charge in [-0.05, 0) is 39.7 Å². The van der Waals surface area contributed by atoms with Crippen LogP contribution < -0.4 is 0 Å². The second kappa shape index (κ2) is 6.28. The lowest BCUT2D eigenvalue weighted by atomic mass is 10.0. The highest BCUT2D eigenvalue weighted by Crippen LogP contribution is 2.22. The highest BCUT2D eigenvalue weighted by molar-refractivity contribution is 5.98. The van der Waals surface area contributed by atoms with Crippen LogP contribution in [0.2, 0.25) is 0 Å². The molecule has 2 aromatic heterocycles. The van der Waals surface area contributed by atoms with Gasteiger partial charge in [0.05, 0.1) is 23.1 Å². The molecule has 23 heavy (non-hydrogen) atoms. The molecule has 1 fully saturated rings. The summed E-state index contributed by atoms with van der Waals surface area (Å²) >= 11 is 0. The zero-order valence-electron chi connectivity index (χ0n) is 14.3. The van der Waals surface area contributed by atoms with Crippen molar-refractivity contribution in [2.75, 3.05) is 19.7 Å². The monoisotopic (exact) mass is 316 g/mol. The van der Waals surface area contributed by atoms with Crippen LogP contribution in [0.15, 0.2) is 6.07 Å². The Balaban J connectivity index is 1.84. The molecular weight excluding hydrogens is 292 g/mol. The summed E-state index contributed by atoms with van der Waals surface area (Å²) in [7, 11) is 1.88. The zero-order chi connectivity index (χ0) is 16.6. The van der Waals surface area contributed by atoms with Crippen molar-refractivity contribution in [2.24, 2.45) is 7.05 Å². The molecule has 0 bridgehead atoms. The van der Waals surface area contributed by atoms with Gasteiger partial charge in [-0.1, -0.05) is 0 Å². The van der Waals surface area contributed by atoms with E-state index in [0.29, 0.717) is 5.56 Å². The number of amides is 1. The quantitative estimate of drug-likeness (QED) is 0.871. The molecule has 3 rings (SSSR count). The Hall–Kier alpha value is -1.95. The number of nitrogens with zero attached hydrogens (tertiary/aromatic N) is 4. The van der Waals surface area contributed by atoms with E-state index in [1.54, 1.807) is 4.68 Å². The topological polar surface area (TPSA) is 60.2 Å². The summed E-state index contributed by atoms with van der Waals surface area (Å²) in [5, 5.41) is 5.34. The molecule has 0 aliphatic carbocycles. The highest BCUT2D eigenvalue weighted by atomic mass is 16.5. The van der Waals surface area contributed by atoms with Gasteiger partial charge in [-0.15, -0.1) is 0 Å². The first-order valence-corrected chi connectivity index (χ1v) is 8.23. The number of carbonyl (C=O) groups excluding carboxylic acids is 1. The van der Waals surface area contributed by atoms with Gasteiger partial charge in [0.2, 0.25) is 0 Å². The second-order valence-corrected chi connectivity index (χ2v) is 6.15. The number of piperidine rings is 1. The van der Waals surface area contributed by atoms with Crippen molar-refractivity contribution in [3.63, 3.8) is 0 Å². The van der Waals surface area contributed by atoms with Crippen molar-refractivity contribution >= 4 is 16.9 Å². The number of ether oxygens (including phenoxy) is 1. The van der Waals surface area contributed by atoms with Gasteiger partial charge >= 0.3 is 0 Å². The number of pyridine rings is 1. The molecule has 1 saturated heterocycles. The van der Waals surface area contributed by atoms with Gasteiger partial charge in [-0.3, -0.25) is 9.48 Å². The first kappa shape index (κ1) is 15.9. The fourth-order valence-corrected chi connectivity index (χ4v) is 3.28. The molecule has 0 aromatic carbocycles. The van der Waals surface area contributed by atoms with Crippen LogP contribution in [0.1, 0.15) is 41.5 Å².